The zero-order chi connectivity index (χ0) is 22.4. The smallest absolute Gasteiger partial charge is 0.251 e. The Kier molecular flexibility index (Phi) is 7.94. The third kappa shape index (κ3) is 5.98. The van der Waals surface area contributed by atoms with Crippen LogP contribution in [-0.2, 0) is 14.8 Å². The summed E-state index contributed by atoms with van der Waals surface area (Å²) in [6.07, 6.45) is 0.788. The van der Waals surface area contributed by atoms with Gasteiger partial charge in [0.15, 0.2) is 0 Å². The molecule has 1 aliphatic rings. The predicted octanol–water partition coefficient (Wildman–Crippen LogP) is 3.04. The first kappa shape index (κ1) is 23.5. The quantitative estimate of drug-likeness (QED) is 0.613. The van der Waals surface area contributed by atoms with Gasteiger partial charge in [-0.15, -0.1) is 0 Å². The molecule has 0 atom stereocenters. The Labute approximate surface area is 192 Å². The van der Waals surface area contributed by atoms with Gasteiger partial charge in [0.2, 0.25) is 15.9 Å². The molecule has 2 amide bonds. The number of nitrogens with one attached hydrogen (secondary N) is 1. The highest BCUT2D eigenvalue weighted by Crippen LogP contribution is 2.28. The van der Waals surface area contributed by atoms with E-state index < -0.39 is 10.0 Å². The van der Waals surface area contributed by atoms with E-state index in [1.54, 1.807) is 29.2 Å². The Balaban J connectivity index is 1.45. The summed E-state index contributed by atoms with van der Waals surface area (Å²) in [4.78, 5) is 26.1. The molecule has 0 aliphatic carbocycles. The van der Waals surface area contributed by atoms with Crippen molar-refractivity contribution in [2.24, 2.45) is 0 Å². The van der Waals surface area contributed by atoms with E-state index in [0.29, 0.717) is 31.6 Å². The SMILES string of the molecule is O=C(NCCCC(=O)N1CCN(S(=O)(=O)c2cc(Cl)ccc2Cl)CC1)c1ccccc1. The number of carbonyl (C=O) groups excluding carboxylic acids is 2. The molecule has 10 heteroatoms. The van der Waals surface area contributed by atoms with E-state index in [1.807, 2.05) is 6.07 Å². The molecule has 31 heavy (non-hydrogen) atoms. The van der Waals surface area contributed by atoms with Crippen LogP contribution in [0.3, 0.4) is 0 Å². The van der Waals surface area contributed by atoms with Crippen LogP contribution in [0.25, 0.3) is 0 Å². The van der Waals surface area contributed by atoms with Gasteiger partial charge >= 0.3 is 0 Å². The average molecular weight is 484 g/mol. The molecule has 1 saturated heterocycles. The van der Waals surface area contributed by atoms with Crippen molar-refractivity contribution >= 4 is 45.0 Å². The standard InChI is InChI=1S/C21H23Cl2N3O4S/c22-17-8-9-18(23)19(15-17)31(29,30)26-13-11-25(12-14-26)20(27)7-4-10-24-21(28)16-5-2-1-3-6-16/h1-3,5-6,8-9,15H,4,7,10-14H2,(H,24,28). The number of amides is 2. The fourth-order valence-corrected chi connectivity index (χ4v) is 5.44. The zero-order valence-corrected chi connectivity index (χ0v) is 19.1. The lowest BCUT2D eigenvalue weighted by Gasteiger charge is -2.34. The topological polar surface area (TPSA) is 86.8 Å². The summed E-state index contributed by atoms with van der Waals surface area (Å²) < 4.78 is 27.0. The molecule has 1 N–H and O–H groups in total. The molecular weight excluding hydrogens is 461 g/mol. The van der Waals surface area contributed by atoms with Gasteiger partial charge in [-0.2, -0.15) is 4.31 Å². The summed E-state index contributed by atoms with van der Waals surface area (Å²) in [5.74, 6) is -0.238. The minimum Gasteiger partial charge on any atom is -0.352 e. The van der Waals surface area contributed by atoms with E-state index in [9.17, 15) is 18.0 Å². The van der Waals surface area contributed by atoms with Gasteiger partial charge in [0.1, 0.15) is 4.90 Å². The van der Waals surface area contributed by atoms with E-state index in [1.165, 1.54) is 22.5 Å². The molecule has 0 radical (unpaired) electrons. The Morgan fingerprint density at radius 3 is 2.32 bits per heavy atom. The first-order valence-electron chi connectivity index (χ1n) is 9.85. The molecule has 0 spiro atoms. The Morgan fingerprint density at radius 2 is 1.65 bits per heavy atom. The normalized spacial score (nSPS) is 15.0. The second-order valence-electron chi connectivity index (χ2n) is 7.09. The first-order chi connectivity index (χ1) is 14.8. The molecule has 0 bridgehead atoms. The summed E-state index contributed by atoms with van der Waals surface area (Å²) in [5, 5.41) is 3.19. The molecule has 2 aromatic carbocycles. The second kappa shape index (κ2) is 10.5. The van der Waals surface area contributed by atoms with Gasteiger partial charge in [-0.3, -0.25) is 9.59 Å². The molecule has 0 aromatic heterocycles. The van der Waals surface area contributed by atoms with Gasteiger partial charge in [0.25, 0.3) is 5.91 Å². The zero-order valence-electron chi connectivity index (χ0n) is 16.8. The van der Waals surface area contributed by atoms with Crippen molar-refractivity contribution in [3.63, 3.8) is 0 Å². The van der Waals surface area contributed by atoms with Gasteiger partial charge in [0.05, 0.1) is 5.02 Å². The average Bonchev–Trinajstić information content (AvgIpc) is 2.78. The maximum Gasteiger partial charge on any atom is 0.251 e. The van der Waals surface area contributed by atoms with Gasteiger partial charge in [-0.25, -0.2) is 8.42 Å². The van der Waals surface area contributed by atoms with Crippen molar-refractivity contribution in [1.82, 2.24) is 14.5 Å². The van der Waals surface area contributed by atoms with Crippen LogP contribution in [0.4, 0.5) is 0 Å². The molecule has 1 heterocycles. The lowest BCUT2D eigenvalue weighted by atomic mass is 10.2. The summed E-state index contributed by atoms with van der Waals surface area (Å²) in [5.41, 5.74) is 0.575. The maximum atomic E-state index is 12.9. The minimum absolute atomic E-state index is 0.0319. The van der Waals surface area contributed by atoms with Crippen molar-refractivity contribution in [3.8, 4) is 0 Å². The highest BCUT2D eigenvalue weighted by Gasteiger charge is 2.31. The number of hydrogen-bond donors (Lipinski definition) is 1. The summed E-state index contributed by atoms with van der Waals surface area (Å²) in [7, 11) is -3.79. The third-order valence-electron chi connectivity index (χ3n) is 4.99. The number of carbonyl (C=O) groups is 2. The van der Waals surface area contributed by atoms with Gasteiger partial charge < -0.3 is 10.2 Å². The van der Waals surface area contributed by atoms with Crippen LogP contribution in [0.5, 0.6) is 0 Å². The molecule has 0 unspecified atom stereocenters. The molecule has 166 valence electrons. The van der Waals surface area contributed by atoms with Crippen molar-refractivity contribution < 1.29 is 18.0 Å². The van der Waals surface area contributed by atoms with Crippen LogP contribution < -0.4 is 5.32 Å². The number of nitrogens with zero attached hydrogens (tertiary/aromatic N) is 2. The molecule has 2 aromatic rings. The fourth-order valence-electron chi connectivity index (χ4n) is 3.28. The van der Waals surface area contributed by atoms with E-state index in [4.69, 9.17) is 23.2 Å². The van der Waals surface area contributed by atoms with Crippen LogP contribution in [0, 0.1) is 0 Å². The first-order valence-corrected chi connectivity index (χ1v) is 12.0. The number of sulfonamides is 1. The second-order valence-corrected chi connectivity index (χ2v) is 9.84. The summed E-state index contributed by atoms with van der Waals surface area (Å²) >= 11 is 12.0. The van der Waals surface area contributed by atoms with E-state index in [2.05, 4.69) is 5.32 Å². The van der Waals surface area contributed by atoms with E-state index in [0.717, 1.165) is 0 Å². The van der Waals surface area contributed by atoms with Crippen LogP contribution in [0.2, 0.25) is 10.0 Å². The molecule has 0 saturated carbocycles. The fraction of sp³-hybridized carbons (Fsp3) is 0.333. The molecule has 1 aliphatic heterocycles. The largest absolute Gasteiger partial charge is 0.352 e. The molecule has 1 fully saturated rings. The Bertz CT molecular complexity index is 1040. The van der Waals surface area contributed by atoms with Crippen molar-refractivity contribution in [1.29, 1.82) is 0 Å². The van der Waals surface area contributed by atoms with Crippen molar-refractivity contribution in [2.45, 2.75) is 17.7 Å². The van der Waals surface area contributed by atoms with Gasteiger partial charge in [-0.05, 0) is 36.8 Å². The summed E-state index contributed by atoms with van der Waals surface area (Å²) in [6, 6.07) is 13.2. The Hall–Kier alpha value is -2.13. The monoisotopic (exact) mass is 483 g/mol. The van der Waals surface area contributed by atoms with Crippen LogP contribution >= 0.6 is 23.2 Å². The number of rotatable bonds is 7. The predicted molar refractivity (Wildman–Crippen MR) is 120 cm³/mol. The Morgan fingerprint density at radius 1 is 0.968 bits per heavy atom. The number of piperazine rings is 1. The van der Waals surface area contributed by atoms with E-state index in [-0.39, 0.29) is 46.3 Å². The lowest BCUT2D eigenvalue weighted by Crippen LogP contribution is -2.50. The van der Waals surface area contributed by atoms with E-state index >= 15 is 0 Å². The van der Waals surface area contributed by atoms with Gasteiger partial charge in [0, 0.05) is 49.7 Å². The highest BCUT2D eigenvalue weighted by molar-refractivity contribution is 7.89. The summed E-state index contributed by atoms with van der Waals surface area (Å²) in [6.45, 7) is 1.35. The van der Waals surface area contributed by atoms with Crippen molar-refractivity contribution in [3.05, 3.63) is 64.1 Å². The highest BCUT2D eigenvalue weighted by atomic mass is 35.5. The minimum atomic E-state index is -3.79. The molecular formula is C21H23Cl2N3O4S. The van der Waals surface area contributed by atoms with Crippen LogP contribution in [0.1, 0.15) is 23.2 Å². The molecule has 3 rings (SSSR count). The van der Waals surface area contributed by atoms with Crippen LogP contribution in [0.15, 0.2) is 53.4 Å². The molecule has 7 nitrogen and oxygen atoms in total. The van der Waals surface area contributed by atoms with Crippen LogP contribution in [-0.4, -0.2) is 62.2 Å². The van der Waals surface area contributed by atoms with Gasteiger partial charge in [-0.1, -0.05) is 41.4 Å². The number of benzene rings is 2. The number of halogens is 2. The maximum absolute atomic E-state index is 12.9. The lowest BCUT2D eigenvalue weighted by molar-refractivity contribution is -0.132. The number of hydrogen-bond acceptors (Lipinski definition) is 4. The third-order valence-corrected chi connectivity index (χ3v) is 7.61. The van der Waals surface area contributed by atoms with Crippen molar-refractivity contribution in [2.75, 3.05) is 32.7 Å².